The Labute approximate surface area is 128 Å². The summed E-state index contributed by atoms with van der Waals surface area (Å²) in [5, 5.41) is 0. The Kier molecular flexibility index (Phi) is 5.66. The minimum absolute atomic E-state index is 0.350. The summed E-state index contributed by atoms with van der Waals surface area (Å²) in [4.78, 5) is 12.8. The molecule has 0 radical (unpaired) electrons. The lowest BCUT2D eigenvalue weighted by Gasteiger charge is -2.10. The van der Waals surface area contributed by atoms with E-state index >= 15 is 0 Å². The Morgan fingerprint density at radius 2 is 1.90 bits per heavy atom. The first-order valence-corrected chi connectivity index (χ1v) is 7.61. The van der Waals surface area contributed by atoms with Gasteiger partial charge in [0.25, 0.3) is 5.91 Å². The number of para-hydroxylation sites is 1. The summed E-state index contributed by atoms with van der Waals surface area (Å²) in [6.45, 7) is 2.59. The Morgan fingerprint density at radius 3 is 2.62 bits per heavy atom. The second-order valence-corrected chi connectivity index (χ2v) is 5.65. The second-order valence-electron chi connectivity index (χ2n) is 4.48. The standard InChI is InChI=1S/C16H18N2O2S/c1-12-6-8-13(9-7-12)21-11-10-20-15-5-3-2-4-14(15)16(19)18-17/h2-9H,10-11,17H2,1H3,(H,18,19). The van der Waals surface area contributed by atoms with Crippen LogP contribution >= 0.6 is 11.8 Å². The number of aryl methyl sites for hydroxylation is 1. The number of hydrazine groups is 1. The molecule has 0 aliphatic rings. The summed E-state index contributed by atoms with van der Waals surface area (Å²) >= 11 is 1.72. The molecule has 0 fully saturated rings. The molecule has 0 aliphatic carbocycles. The van der Waals surface area contributed by atoms with Gasteiger partial charge in [-0.25, -0.2) is 5.84 Å². The fraction of sp³-hybridized carbons (Fsp3) is 0.188. The number of hydrogen-bond acceptors (Lipinski definition) is 4. The highest BCUT2D eigenvalue weighted by Crippen LogP contribution is 2.20. The lowest BCUT2D eigenvalue weighted by molar-refractivity contribution is 0.0950. The molecule has 0 aliphatic heterocycles. The zero-order valence-corrected chi connectivity index (χ0v) is 12.7. The first-order chi connectivity index (χ1) is 10.2. The van der Waals surface area contributed by atoms with Crippen LogP contribution in [0.15, 0.2) is 53.4 Å². The number of hydrogen-bond donors (Lipinski definition) is 2. The van der Waals surface area contributed by atoms with Crippen molar-refractivity contribution in [3.05, 3.63) is 59.7 Å². The van der Waals surface area contributed by atoms with E-state index in [1.807, 2.05) is 6.07 Å². The number of nitrogens with two attached hydrogens (primary N) is 1. The van der Waals surface area contributed by atoms with Crippen LogP contribution in [0.1, 0.15) is 15.9 Å². The molecule has 0 spiro atoms. The molecular formula is C16H18N2O2S. The number of ether oxygens (including phenoxy) is 1. The number of nitrogens with one attached hydrogen (secondary N) is 1. The normalized spacial score (nSPS) is 10.2. The van der Waals surface area contributed by atoms with Gasteiger partial charge in [0.15, 0.2) is 0 Å². The summed E-state index contributed by atoms with van der Waals surface area (Å²) in [6, 6.07) is 15.4. The Morgan fingerprint density at radius 1 is 1.19 bits per heavy atom. The number of rotatable bonds is 6. The summed E-state index contributed by atoms with van der Waals surface area (Å²) in [5.41, 5.74) is 3.81. The van der Waals surface area contributed by atoms with E-state index in [2.05, 4.69) is 36.6 Å². The van der Waals surface area contributed by atoms with E-state index in [0.717, 1.165) is 5.75 Å². The van der Waals surface area contributed by atoms with Gasteiger partial charge in [0.05, 0.1) is 12.2 Å². The number of nitrogen functional groups attached to an aromatic ring is 1. The molecule has 0 bridgehead atoms. The van der Waals surface area contributed by atoms with Gasteiger partial charge in [0.2, 0.25) is 0 Å². The smallest absolute Gasteiger partial charge is 0.268 e. The van der Waals surface area contributed by atoms with Crippen LogP contribution in [-0.2, 0) is 0 Å². The fourth-order valence-corrected chi connectivity index (χ4v) is 2.53. The van der Waals surface area contributed by atoms with Crippen molar-refractivity contribution in [2.75, 3.05) is 12.4 Å². The third-order valence-electron chi connectivity index (χ3n) is 2.89. The SMILES string of the molecule is Cc1ccc(SCCOc2ccccc2C(=O)NN)cc1. The van der Waals surface area contributed by atoms with Gasteiger partial charge in [0.1, 0.15) is 5.75 Å². The average molecular weight is 302 g/mol. The number of amides is 1. The van der Waals surface area contributed by atoms with Crippen molar-refractivity contribution in [1.82, 2.24) is 5.43 Å². The van der Waals surface area contributed by atoms with Crippen LogP contribution < -0.4 is 16.0 Å². The monoisotopic (exact) mass is 302 g/mol. The van der Waals surface area contributed by atoms with Crippen molar-refractivity contribution in [3.63, 3.8) is 0 Å². The highest BCUT2D eigenvalue weighted by Gasteiger charge is 2.10. The lowest BCUT2D eigenvalue weighted by Crippen LogP contribution is -2.30. The van der Waals surface area contributed by atoms with Crippen LogP contribution in [0.4, 0.5) is 0 Å². The van der Waals surface area contributed by atoms with Gasteiger partial charge in [-0.1, -0.05) is 29.8 Å². The van der Waals surface area contributed by atoms with E-state index in [9.17, 15) is 4.79 Å². The van der Waals surface area contributed by atoms with Crippen LogP contribution in [0.2, 0.25) is 0 Å². The maximum Gasteiger partial charge on any atom is 0.268 e. The predicted molar refractivity (Wildman–Crippen MR) is 85.5 cm³/mol. The van der Waals surface area contributed by atoms with Crippen LogP contribution in [0.5, 0.6) is 5.75 Å². The van der Waals surface area contributed by atoms with Crippen molar-refractivity contribution in [2.24, 2.45) is 5.84 Å². The molecule has 0 unspecified atom stereocenters. The zero-order chi connectivity index (χ0) is 15.1. The Hall–Kier alpha value is -1.98. The van der Waals surface area contributed by atoms with E-state index in [1.165, 1.54) is 10.5 Å². The molecule has 4 nitrogen and oxygen atoms in total. The molecule has 0 aromatic heterocycles. The number of carbonyl (C=O) groups excluding carboxylic acids is 1. The molecule has 1 amide bonds. The molecule has 2 aromatic rings. The summed E-state index contributed by atoms with van der Waals surface area (Å²) < 4.78 is 5.67. The largest absolute Gasteiger partial charge is 0.492 e. The van der Waals surface area contributed by atoms with E-state index < -0.39 is 0 Å². The maximum atomic E-state index is 11.6. The number of thioether (sulfide) groups is 1. The maximum absolute atomic E-state index is 11.6. The van der Waals surface area contributed by atoms with Crippen molar-refractivity contribution in [1.29, 1.82) is 0 Å². The summed E-state index contributed by atoms with van der Waals surface area (Å²) in [7, 11) is 0. The molecule has 110 valence electrons. The van der Waals surface area contributed by atoms with Crippen molar-refractivity contribution < 1.29 is 9.53 Å². The molecule has 0 saturated heterocycles. The molecule has 5 heteroatoms. The van der Waals surface area contributed by atoms with Gasteiger partial charge in [-0.2, -0.15) is 0 Å². The van der Waals surface area contributed by atoms with Crippen LogP contribution in [0, 0.1) is 6.92 Å². The van der Waals surface area contributed by atoms with Crippen LogP contribution in [-0.4, -0.2) is 18.3 Å². The molecular weight excluding hydrogens is 284 g/mol. The van der Waals surface area contributed by atoms with Crippen LogP contribution in [0.3, 0.4) is 0 Å². The van der Waals surface area contributed by atoms with Gasteiger partial charge < -0.3 is 4.74 Å². The fourth-order valence-electron chi connectivity index (χ4n) is 1.80. The Balaban J connectivity index is 1.86. The topological polar surface area (TPSA) is 64.3 Å². The second kappa shape index (κ2) is 7.71. The van der Waals surface area contributed by atoms with Gasteiger partial charge in [-0.3, -0.25) is 10.2 Å². The van der Waals surface area contributed by atoms with Gasteiger partial charge in [-0.05, 0) is 31.2 Å². The number of carbonyl (C=O) groups is 1. The summed E-state index contributed by atoms with van der Waals surface area (Å²) in [5.74, 6) is 6.16. The van der Waals surface area contributed by atoms with E-state index in [0.29, 0.717) is 17.9 Å². The minimum atomic E-state index is -0.350. The van der Waals surface area contributed by atoms with E-state index in [1.54, 1.807) is 30.0 Å². The molecule has 21 heavy (non-hydrogen) atoms. The molecule has 2 aromatic carbocycles. The first kappa shape index (κ1) is 15.4. The highest BCUT2D eigenvalue weighted by molar-refractivity contribution is 7.99. The summed E-state index contributed by atoms with van der Waals surface area (Å²) in [6.07, 6.45) is 0. The van der Waals surface area contributed by atoms with Gasteiger partial charge in [-0.15, -0.1) is 11.8 Å². The average Bonchev–Trinajstić information content (AvgIpc) is 2.53. The molecule has 3 N–H and O–H groups in total. The van der Waals surface area contributed by atoms with E-state index in [-0.39, 0.29) is 5.91 Å². The highest BCUT2D eigenvalue weighted by atomic mass is 32.2. The number of benzene rings is 2. The minimum Gasteiger partial charge on any atom is -0.492 e. The quantitative estimate of drug-likeness (QED) is 0.283. The predicted octanol–water partition coefficient (Wildman–Crippen LogP) is 2.77. The van der Waals surface area contributed by atoms with Crippen molar-refractivity contribution in [2.45, 2.75) is 11.8 Å². The Bertz CT molecular complexity index is 599. The third kappa shape index (κ3) is 4.51. The lowest BCUT2D eigenvalue weighted by atomic mass is 10.2. The third-order valence-corrected chi connectivity index (χ3v) is 3.87. The first-order valence-electron chi connectivity index (χ1n) is 6.63. The molecule has 0 atom stereocenters. The molecule has 0 saturated carbocycles. The van der Waals surface area contributed by atoms with Gasteiger partial charge >= 0.3 is 0 Å². The van der Waals surface area contributed by atoms with Gasteiger partial charge in [0, 0.05) is 10.6 Å². The molecule has 0 heterocycles. The molecule has 2 rings (SSSR count). The zero-order valence-electron chi connectivity index (χ0n) is 11.8. The van der Waals surface area contributed by atoms with Crippen molar-refractivity contribution in [3.8, 4) is 5.75 Å². The van der Waals surface area contributed by atoms with Crippen molar-refractivity contribution >= 4 is 17.7 Å². The van der Waals surface area contributed by atoms with E-state index in [4.69, 9.17) is 10.6 Å². The van der Waals surface area contributed by atoms with Crippen LogP contribution in [0.25, 0.3) is 0 Å².